The lowest BCUT2D eigenvalue weighted by atomic mass is 10.1. The Hall–Kier alpha value is -1.92. The largest absolute Gasteiger partial charge is 0.484 e. The maximum absolute atomic E-state index is 13.8. The number of sulfone groups is 1. The Morgan fingerprint density at radius 1 is 1.19 bits per heavy atom. The standard InChI is InChI=1S/C15H16FNO3S/c1-21(18,19)12-6-4-5-11(9-12)20-15(10-17)13-7-2-3-8-14(13)16/h2-9,15H,10,17H2,1H3. The van der Waals surface area contributed by atoms with E-state index in [1.165, 1.54) is 18.2 Å². The van der Waals surface area contributed by atoms with Gasteiger partial charge in [0.1, 0.15) is 17.7 Å². The lowest BCUT2D eigenvalue weighted by molar-refractivity contribution is 0.208. The van der Waals surface area contributed by atoms with Gasteiger partial charge in [-0.05, 0) is 24.3 Å². The monoisotopic (exact) mass is 309 g/mol. The normalized spacial score (nSPS) is 12.9. The van der Waals surface area contributed by atoms with Gasteiger partial charge < -0.3 is 10.5 Å². The van der Waals surface area contributed by atoms with Crippen LogP contribution in [0.3, 0.4) is 0 Å². The van der Waals surface area contributed by atoms with Gasteiger partial charge in [0.25, 0.3) is 0 Å². The molecule has 0 radical (unpaired) electrons. The second-order valence-electron chi connectivity index (χ2n) is 4.61. The molecule has 0 bridgehead atoms. The molecule has 2 rings (SSSR count). The minimum absolute atomic E-state index is 0.0734. The van der Waals surface area contributed by atoms with Crippen LogP contribution in [0.25, 0.3) is 0 Å². The molecule has 1 atom stereocenters. The first-order chi connectivity index (χ1) is 9.91. The van der Waals surface area contributed by atoms with Gasteiger partial charge in [-0.2, -0.15) is 0 Å². The van der Waals surface area contributed by atoms with Crippen molar-refractivity contribution < 1.29 is 17.5 Å². The Morgan fingerprint density at radius 2 is 1.90 bits per heavy atom. The van der Waals surface area contributed by atoms with Crippen LogP contribution in [0.15, 0.2) is 53.4 Å². The average Bonchev–Trinajstić information content (AvgIpc) is 2.45. The average molecular weight is 309 g/mol. The van der Waals surface area contributed by atoms with E-state index in [4.69, 9.17) is 10.5 Å². The highest BCUT2D eigenvalue weighted by Crippen LogP contribution is 2.25. The van der Waals surface area contributed by atoms with Crippen LogP contribution in [-0.4, -0.2) is 21.2 Å². The molecule has 2 N–H and O–H groups in total. The first kappa shape index (κ1) is 15.5. The van der Waals surface area contributed by atoms with E-state index in [1.54, 1.807) is 30.3 Å². The highest BCUT2D eigenvalue weighted by Gasteiger charge is 2.16. The summed E-state index contributed by atoms with van der Waals surface area (Å²) in [5, 5.41) is 0. The maximum atomic E-state index is 13.8. The third-order valence-electron chi connectivity index (χ3n) is 2.98. The highest BCUT2D eigenvalue weighted by molar-refractivity contribution is 7.90. The second-order valence-corrected chi connectivity index (χ2v) is 6.63. The Morgan fingerprint density at radius 3 is 2.52 bits per heavy atom. The minimum atomic E-state index is -3.33. The molecule has 0 fully saturated rings. The van der Waals surface area contributed by atoms with Crippen molar-refractivity contribution in [2.45, 2.75) is 11.0 Å². The molecule has 0 saturated heterocycles. The van der Waals surface area contributed by atoms with E-state index in [2.05, 4.69) is 0 Å². The topological polar surface area (TPSA) is 69.4 Å². The molecular formula is C15H16FNO3S. The fourth-order valence-electron chi connectivity index (χ4n) is 1.92. The fourth-order valence-corrected chi connectivity index (χ4v) is 2.57. The quantitative estimate of drug-likeness (QED) is 0.920. The van der Waals surface area contributed by atoms with Crippen molar-refractivity contribution in [2.24, 2.45) is 5.73 Å². The number of benzene rings is 2. The number of halogens is 1. The second kappa shape index (κ2) is 6.24. The van der Waals surface area contributed by atoms with Gasteiger partial charge in [0.2, 0.25) is 0 Å². The molecular weight excluding hydrogens is 293 g/mol. The molecule has 2 aromatic carbocycles. The SMILES string of the molecule is CS(=O)(=O)c1cccc(OC(CN)c2ccccc2F)c1. The van der Waals surface area contributed by atoms with E-state index in [1.807, 2.05) is 0 Å². The Bertz CT molecular complexity index is 731. The first-order valence-corrected chi connectivity index (χ1v) is 8.22. The molecule has 0 aliphatic rings. The molecule has 21 heavy (non-hydrogen) atoms. The zero-order valence-corrected chi connectivity index (χ0v) is 12.3. The van der Waals surface area contributed by atoms with Gasteiger partial charge in [0.15, 0.2) is 9.84 Å². The van der Waals surface area contributed by atoms with E-state index < -0.39 is 21.8 Å². The molecule has 0 spiro atoms. The highest BCUT2D eigenvalue weighted by atomic mass is 32.2. The van der Waals surface area contributed by atoms with Gasteiger partial charge in [-0.25, -0.2) is 12.8 Å². The minimum Gasteiger partial charge on any atom is -0.484 e. The summed E-state index contributed by atoms with van der Waals surface area (Å²) in [6.07, 6.45) is 0.435. The van der Waals surface area contributed by atoms with Crippen LogP contribution in [0, 0.1) is 5.82 Å². The van der Waals surface area contributed by atoms with Gasteiger partial charge in [-0.15, -0.1) is 0 Å². The van der Waals surface area contributed by atoms with Gasteiger partial charge >= 0.3 is 0 Å². The van der Waals surface area contributed by atoms with Gasteiger partial charge in [0, 0.05) is 18.4 Å². The van der Waals surface area contributed by atoms with Gasteiger partial charge in [0.05, 0.1) is 4.90 Å². The van der Waals surface area contributed by atoms with Crippen LogP contribution < -0.4 is 10.5 Å². The molecule has 0 aliphatic carbocycles. The molecule has 112 valence electrons. The molecule has 0 heterocycles. The molecule has 0 saturated carbocycles. The Balaban J connectivity index is 2.30. The number of rotatable bonds is 5. The predicted octanol–water partition coefficient (Wildman–Crippen LogP) is 2.31. The smallest absolute Gasteiger partial charge is 0.175 e. The van der Waals surface area contributed by atoms with Crippen LogP contribution >= 0.6 is 0 Å². The predicted molar refractivity (Wildman–Crippen MR) is 78.4 cm³/mol. The molecule has 1 unspecified atom stereocenters. The summed E-state index contributed by atoms with van der Waals surface area (Å²) in [6, 6.07) is 12.2. The zero-order chi connectivity index (χ0) is 15.5. The summed E-state index contributed by atoms with van der Waals surface area (Å²) in [6.45, 7) is 0.0734. The van der Waals surface area contributed by atoms with Crippen LogP contribution in [0.4, 0.5) is 4.39 Å². The van der Waals surface area contributed by atoms with Crippen molar-refractivity contribution in [3.05, 3.63) is 59.9 Å². The number of nitrogens with two attached hydrogens (primary N) is 1. The third-order valence-corrected chi connectivity index (χ3v) is 4.09. The van der Waals surface area contributed by atoms with E-state index >= 15 is 0 Å². The van der Waals surface area contributed by atoms with Crippen LogP contribution in [0.2, 0.25) is 0 Å². The molecule has 6 heteroatoms. The van der Waals surface area contributed by atoms with Crippen molar-refractivity contribution in [1.82, 2.24) is 0 Å². The summed E-state index contributed by atoms with van der Waals surface area (Å²) in [5.74, 6) is -0.0798. The Kier molecular flexibility index (Phi) is 4.59. The van der Waals surface area contributed by atoms with Crippen LogP contribution in [0.1, 0.15) is 11.7 Å². The lowest BCUT2D eigenvalue weighted by Crippen LogP contribution is -2.19. The van der Waals surface area contributed by atoms with Gasteiger partial charge in [-0.3, -0.25) is 0 Å². The number of hydrogen-bond donors (Lipinski definition) is 1. The molecule has 4 nitrogen and oxygen atoms in total. The summed E-state index contributed by atoms with van der Waals surface area (Å²) in [4.78, 5) is 0.143. The lowest BCUT2D eigenvalue weighted by Gasteiger charge is -2.18. The third kappa shape index (κ3) is 3.80. The van der Waals surface area contributed by atoms with E-state index in [9.17, 15) is 12.8 Å². The fraction of sp³-hybridized carbons (Fsp3) is 0.200. The molecule has 2 aromatic rings. The van der Waals surface area contributed by atoms with E-state index in [-0.39, 0.29) is 11.4 Å². The maximum Gasteiger partial charge on any atom is 0.175 e. The number of hydrogen-bond acceptors (Lipinski definition) is 4. The molecule has 0 aliphatic heterocycles. The van der Waals surface area contributed by atoms with Crippen molar-refractivity contribution in [1.29, 1.82) is 0 Å². The summed E-state index contributed by atoms with van der Waals surface area (Å²) >= 11 is 0. The summed E-state index contributed by atoms with van der Waals surface area (Å²) in [5.41, 5.74) is 5.97. The first-order valence-electron chi connectivity index (χ1n) is 6.33. The Labute approximate surface area is 123 Å². The number of ether oxygens (including phenoxy) is 1. The van der Waals surface area contributed by atoms with Crippen molar-refractivity contribution in [2.75, 3.05) is 12.8 Å². The van der Waals surface area contributed by atoms with Gasteiger partial charge in [-0.1, -0.05) is 24.3 Å². The molecule has 0 aromatic heterocycles. The van der Waals surface area contributed by atoms with E-state index in [0.29, 0.717) is 11.3 Å². The van der Waals surface area contributed by atoms with Crippen LogP contribution in [-0.2, 0) is 9.84 Å². The van der Waals surface area contributed by atoms with Crippen LogP contribution in [0.5, 0.6) is 5.75 Å². The zero-order valence-electron chi connectivity index (χ0n) is 11.5. The van der Waals surface area contributed by atoms with Crippen molar-refractivity contribution in [3.63, 3.8) is 0 Å². The summed E-state index contributed by atoms with van der Waals surface area (Å²) < 4.78 is 42.5. The summed E-state index contributed by atoms with van der Waals surface area (Å²) in [7, 11) is -3.33. The molecule has 0 amide bonds. The van der Waals surface area contributed by atoms with Crippen molar-refractivity contribution in [3.8, 4) is 5.75 Å². The van der Waals surface area contributed by atoms with Crippen molar-refractivity contribution >= 4 is 9.84 Å². The van der Waals surface area contributed by atoms with E-state index in [0.717, 1.165) is 6.26 Å².